The van der Waals surface area contributed by atoms with Gasteiger partial charge in [-0.05, 0) is 44.1 Å². The van der Waals surface area contributed by atoms with Crippen LogP contribution in [-0.2, 0) is 0 Å². The van der Waals surface area contributed by atoms with Crippen LogP contribution in [-0.4, -0.2) is 30.1 Å². The van der Waals surface area contributed by atoms with Crippen LogP contribution in [0.15, 0.2) is 17.5 Å². The molecule has 2 heterocycles. The SMILES string of the molecule is CC1CNC(C2CCCCC2)CN1C(C)c1cccs1. The number of nitrogens with zero attached hydrogens (tertiary/aromatic N) is 1. The molecule has 1 aliphatic carbocycles. The summed E-state index contributed by atoms with van der Waals surface area (Å²) in [4.78, 5) is 4.24. The number of hydrogen-bond acceptors (Lipinski definition) is 3. The van der Waals surface area contributed by atoms with Crippen LogP contribution in [0.1, 0.15) is 56.9 Å². The number of thiophene rings is 1. The molecule has 0 radical (unpaired) electrons. The maximum atomic E-state index is 3.83. The average Bonchev–Trinajstić information content (AvgIpc) is 3.02. The molecular weight excluding hydrogens is 264 g/mol. The Kier molecular flexibility index (Phi) is 4.79. The first-order valence-corrected chi connectivity index (χ1v) is 9.16. The number of piperazine rings is 1. The van der Waals surface area contributed by atoms with Crippen molar-refractivity contribution in [2.75, 3.05) is 13.1 Å². The second-order valence-corrected chi connectivity index (χ2v) is 7.63. The molecule has 112 valence electrons. The third-order valence-electron chi connectivity index (χ3n) is 5.32. The van der Waals surface area contributed by atoms with Gasteiger partial charge in [0, 0.05) is 36.1 Å². The molecule has 0 bridgehead atoms. The van der Waals surface area contributed by atoms with Crippen molar-refractivity contribution < 1.29 is 0 Å². The van der Waals surface area contributed by atoms with Crippen LogP contribution in [0.25, 0.3) is 0 Å². The highest BCUT2D eigenvalue weighted by atomic mass is 32.1. The van der Waals surface area contributed by atoms with Crippen LogP contribution < -0.4 is 5.32 Å². The van der Waals surface area contributed by atoms with Gasteiger partial charge in [-0.25, -0.2) is 0 Å². The van der Waals surface area contributed by atoms with Crippen molar-refractivity contribution in [3.63, 3.8) is 0 Å². The predicted octanol–water partition coefficient (Wildman–Crippen LogP) is 4.05. The van der Waals surface area contributed by atoms with Gasteiger partial charge in [0.15, 0.2) is 0 Å². The van der Waals surface area contributed by atoms with Crippen molar-refractivity contribution >= 4 is 11.3 Å². The van der Waals surface area contributed by atoms with E-state index in [-0.39, 0.29) is 0 Å². The molecular formula is C17H28N2S. The van der Waals surface area contributed by atoms with E-state index in [1.54, 1.807) is 0 Å². The lowest BCUT2D eigenvalue weighted by Gasteiger charge is -2.45. The van der Waals surface area contributed by atoms with E-state index in [9.17, 15) is 0 Å². The molecule has 2 fully saturated rings. The van der Waals surface area contributed by atoms with Crippen LogP contribution in [0.3, 0.4) is 0 Å². The molecule has 3 unspecified atom stereocenters. The Bertz CT molecular complexity index is 397. The van der Waals surface area contributed by atoms with E-state index < -0.39 is 0 Å². The monoisotopic (exact) mass is 292 g/mol. The van der Waals surface area contributed by atoms with Gasteiger partial charge < -0.3 is 5.32 Å². The normalized spacial score (nSPS) is 31.3. The van der Waals surface area contributed by atoms with Crippen molar-refractivity contribution in [1.29, 1.82) is 0 Å². The average molecular weight is 292 g/mol. The zero-order chi connectivity index (χ0) is 13.9. The summed E-state index contributed by atoms with van der Waals surface area (Å²) >= 11 is 1.90. The molecule has 1 aromatic rings. The van der Waals surface area contributed by atoms with Crippen LogP contribution in [0.4, 0.5) is 0 Å². The molecule has 0 aromatic carbocycles. The summed E-state index contributed by atoms with van der Waals surface area (Å²) in [5.41, 5.74) is 0. The lowest BCUT2D eigenvalue weighted by molar-refractivity contribution is 0.0731. The highest BCUT2D eigenvalue weighted by Crippen LogP contribution is 2.32. The van der Waals surface area contributed by atoms with Gasteiger partial charge in [0.2, 0.25) is 0 Å². The largest absolute Gasteiger partial charge is 0.311 e. The molecule has 3 heteroatoms. The van der Waals surface area contributed by atoms with Gasteiger partial charge in [-0.2, -0.15) is 0 Å². The van der Waals surface area contributed by atoms with Crippen molar-refractivity contribution in [3.05, 3.63) is 22.4 Å². The Morgan fingerprint density at radius 3 is 2.80 bits per heavy atom. The van der Waals surface area contributed by atoms with Gasteiger partial charge in [0.05, 0.1) is 0 Å². The standard InChI is InChI=1S/C17H28N2S/c1-13-11-18-16(15-7-4-3-5-8-15)12-19(13)14(2)17-9-6-10-20-17/h6,9-10,13-16,18H,3-5,7-8,11-12H2,1-2H3. The second-order valence-electron chi connectivity index (χ2n) is 6.65. The van der Waals surface area contributed by atoms with Crippen molar-refractivity contribution in [1.82, 2.24) is 10.2 Å². The summed E-state index contributed by atoms with van der Waals surface area (Å²) in [7, 11) is 0. The molecule has 1 aliphatic heterocycles. The third kappa shape index (κ3) is 3.10. The topological polar surface area (TPSA) is 15.3 Å². The summed E-state index contributed by atoms with van der Waals surface area (Å²) in [6, 6.07) is 6.40. The highest BCUT2D eigenvalue weighted by Gasteiger charge is 2.33. The fraction of sp³-hybridized carbons (Fsp3) is 0.765. The first kappa shape index (κ1) is 14.6. The number of hydrogen-bond donors (Lipinski definition) is 1. The minimum atomic E-state index is 0.568. The van der Waals surface area contributed by atoms with E-state index in [0.29, 0.717) is 18.1 Å². The van der Waals surface area contributed by atoms with E-state index in [1.165, 1.54) is 43.5 Å². The summed E-state index contributed by atoms with van der Waals surface area (Å²) in [5.74, 6) is 0.911. The van der Waals surface area contributed by atoms with Crippen molar-refractivity contribution in [2.45, 2.75) is 64.1 Å². The van der Waals surface area contributed by atoms with Gasteiger partial charge >= 0.3 is 0 Å². The Hall–Kier alpha value is -0.380. The molecule has 1 aromatic heterocycles. The van der Waals surface area contributed by atoms with E-state index in [2.05, 4.69) is 41.6 Å². The second kappa shape index (κ2) is 6.59. The maximum absolute atomic E-state index is 3.83. The lowest BCUT2D eigenvalue weighted by Crippen LogP contribution is -2.58. The number of rotatable bonds is 3. The zero-order valence-electron chi connectivity index (χ0n) is 12.8. The fourth-order valence-corrected chi connectivity index (χ4v) is 4.80. The Labute approximate surface area is 127 Å². The van der Waals surface area contributed by atoms with Gasteiger partial charge in [-0.1, -0.05) is 25.3 Å². The lowest BCUT2D eigenvalue weighted by atomic mass is 9.82. The van der Waals surface area contributed by atoms with Crippen LogP contribution in [0, 0.1) is 5.92 Å². The zero-order valence-corrected chi connectivity index (χ0v) is 13.7. The molecule has 1 N–H and O–H groups in total. The van der Waals surface area contributed by atoms with Gasteiger partial charge in [-0.15, -0.1) is 11.3 Å². The fourth-order valence-electron chi connectivity index (χ4n) is 4.00. The Morgan fingerprint density at radius 2 is 2.10 bits per heavy atom. The maximum Gasteiger partial charge on any atom is 0.0417 e. The summed E-state index contributed by atoms with van der Waals surface area (Å²) in [5, 5.41) is 6.04. The molecule has 2 aliphatic rings. The molecule has 3 rings (SSSR count). The van der Waals surface area contributed by atoms with E-state index in [4.69, 9.17) is 0 Å². The molecule has 1 saturated carbocycles. The van der Waals surface area contributed by atoms with Gasteiger partial charge in [0.1, 0.15) is 0 Å². The molecule has 2 nitrogen and oxygen atoms in total. The van der Waals surface area contributed by atoms with Gasteiger partial charge in [0.25, 0.3) is 0 Å². The smallest absolute Gasteiger partial charge is 0.0417 e. The molecule has 1 saturated heterocycles. The Balaban J connectivity index is 1.66. The minimum Gasteiger partial charge on any atom is -0.311 e. The van der Waals surface area contributed by atoms with Crippen LogP contribution in [0.2, 0.25) is 0 Å². The summed E-state index contributed by atoms with van der Waals surface area (Å²) in [6.07, 6.45) is 7.22. The van der Waals surface area contributed by atoms with Gasteiger partial charge in [-0.3, -0.25) is 4.90 Å². The van der Waals surface area contributed by atoms with E-state index in [0.717, 1.165) is 12.5 Å². The quantitative estimate of drug-likeness (QED) is 0.904. The third-order valence-corrected chi connectivity index (χ3v) is 6.36. The van der Waals surface area contributed by atoms with E-state index >= 15 is 0 Å². The molecule has 20 heavy (non-hydrogen) atoms. The molecule has 0 spiro atoms. The summed E-state index contributed by atoms with van der Waals surface area (Å²) in [6.45, 7) is 7.13. The molecule has 3 atom stereocenters. The van der Waals surface area contributed by atoms with Crippen molar-refractivity contribution in [2.24, 2.45) is 5.92 Å². The summed E-state index contributed by atoms with van der Waals surface area (Å²) < 4.78 is 0. The highest BCUT2D eigenvalue weighted by molar-refractivity contribution is 7.10. The number of nitrogens with one attached hydrogen (secondary N) is 1. The first-order chi connectivity index (χ1) is 9.75. The van der Waals surface area contributed by atoms with E-state index in [1.807, 2.05) is 11.3 Å². The molecule has 0 amide bonds. The minimum absolute atomic E-state index is 0.568. The first-order valence-electron chi connectivity index (χ1n) is 8.28. The predicted molar refractivity (Wildman–Crippen MR) is 87.3 cm³/mol. The van der Waals surface area contributed by atoms with Crippen LogP contribution >= 0.6 is 11.3 Å². The van der Waals surface area contributed by atoms with Crippen molar-refractivity contribution in [3.8, 4) is 0 Å². The Morgan fingerprint density at radius 1 is 1.30 bits per heavy atom. The van der Waals surface area contributed by atoms with Crippen LogP contribution in [0.5, 0.6) is 0 Å².